The smallest absolute Gasteiger partial charge is 0.311 e. The average Bonchev–Trinajstić information content (AvgIpc) is 2.31. The van der Waals surface area contributed by atoms with Crippen molar-refractivity contribution in [2.24, 2.45) is 11.7 Å². The predicted molar refractivity (Wildman–Crippen MR) is 69.8 cm³/mol. The van der Waals surface area contributed by atoms with Gasteiger partial charge in [0.2, 0.25) is 0 Å². The highest BCUT2D eigenvalue weighted by molar-refractivity contribution is 5.74. The predicted octanol–water partition coefficient (Wildman–Crippen LogP) is 1.01. The van der Waals surface area contributed by atoms with Crippen molar-refractivity contribution in [3.8, 4) is 0 Å². The third-order valence-electron chi connectivity index (χ3n) is 3.06. The van der Waals surface area contributed by atoms with Gasteiger partial charge >= 0.3 is 5.97 Å². The Morgan fingerprint density at radius 1 is 1.44 bits per heavy atom. The fourth-order valence-electron chi connectivity index (χ4n) is 2.12. The van der Waals surface area contributed by atoms with Crippen LogP contribution >= 0.6 is 0 Å². The molecule has 4 nitrogen and oxygen atoms in total. The molecule has 0 unspecified atom stereocenters. The van der Waals surface area contributed by atoms with Gasteiger partial charge in [-0.15, -0.1) is 0 Å². The number of hydrogen-bond acceptors (Lipinski definition) is 4. The summed E-state index contributed by atoms with van der Waals surface area (Å²) in [5, 5.41) is 0. The molecule has 2 rings (SSSR count). The number of carbonyl (C=O) groups is 1. The molecule has 0 saturated carbocycles. The fourth-order valence-corrected chi connectivity index (χ4v) is 2.12. The molecule has 1 aliphatic heterocycles. The molecule has 0 amide bonds. The summed E-state index contributed by atoms with van der Waals surface area (Å²) >= 11 is 0. The van der Waals surface area contributed by atoms with E-state index in [4.69, 9.17) is 10.5 Å². The first-order valence-electron chi connectivity index (χ1n) is 6.33. The van der Waals surface area contributed by atoms with Gasteiger partial charge in [0.25, 0.3) is 0 Å². The van der Waals surface area contributed by atoms with Crippen LogP contribution in [0.4, 0.5) is 0 Å². The molecule has 98 valence electrons. The summed E-state index contributed by atoms with van der Waals surface area (Å²) in [4.78, 5) is 13.9. The van der Waals surface area contributed by atoms with E-state index in [1.165, 1.54) is 0 Å². The molecule has 4 heteroatoms. The quantitative estimate of drug-likeness (QED) is 0.790. The lowest BCUT2D eigenvalue weighted by Crippen LogP contribution is -2.53. The molecule has 0 spiro atoms. The Labute approximate surface area is 108 Å². The summed E-state index contributed by atoms with van der Waals surface area (Å²) in [5.41, 5.74) is 6.73. The van der Waals surface area contributed by atoms with E-state index in [1.807, 2.05) is 37.3 Å². The normalized spacial score (nSPS) is 18.1. The topological polar surface area (TPSA) is 55.6 Å². The first kappa shape index (κ1) is 13.1. The van der Waals surface area contributed by atoms with Crippen LogP contribution in [0.5, 0.6) is 0 Å². The molecule has 0 aromatic heterocycles. The van der Waals surface area contributed by atoms with Crippen LogP contribution in [0.2, 0.25) is 0 Å². The standard InChI is InChI=1S/C14H20N2O2/c1-11(15)7-16-8-13(9-16)14(17)18-10-12-5-3-2-4-6-12/h2-6,11,13H,7-10,15H2,1H3/t11-/m1/s1. The highest BCUT2D eigenvalue weighted by Gasteiger charge is 2.33. The van der Waals surface area contributed by atoms with E-state index >= 15 is 0 Å². The zero-order valence-corrected chi connectivity index (χ0v) is 10.7. The number of esters is 1. The van der Waals surface area contributed by atoms with Gasteiger partial charge in [-0.05, 0) is 12.5 Å². The molecule has 0 radical (unpaired) electrons. The Bertz CT molecular complexity index is 386. The molecule has 1 aromatic rings. The molecular weight excluding hydrogens is 228 g/mol. The van der Waals surface area contributed by atoms with Gasteiger partial charge in [-0.1, -0.05) is 30.3 Å². The fraction of sp³-hybridized carbons (Fsp3) is 0.500. The van der Waals surface area contributed by atoms with Gasteiger partial charge in [0, 0.05) is 25.7 Å². The van der Waals surface area contributed by atoms with Crippen molar-refractivity contribution in [2.45, 2.75) is 19.6 Å². The number of nitrogens with two attached hydrogens (primary N) is 1. The van der Waals surface area contributed by atoms with Crippen LogP contribution in [0.15, 0.2) is 30.3 Å². The summed E-state index contributed by atoms with van der Waals surface area (Å²) in [6.45, 7) is 4.73. The van der Waals surface area contributed by atoms with Gasteiger partial charge < -0.3 is 10.5 Å². The average molecular weight is 248 g/mol. The third-order valence-corrected chi connectivity index (χ3v) is 3.06. The van der Waals surface area contributed by atoms with Crippen LogP contribution in [-0.4, -0.2) is 36.5 Å². The van der Waals surface area contributed by atoms with Gasteiger partial charge in [0.1, 0.15) is 6.61 Å². The first-order valence-corrected chi connectivity index (χ1v) is 6.33. The number of likely N-dealkylation sites (tertiary alicyclic amines) is 1. The van der Waals surface area contributed by atoms with Crippen LogP contribution < -0.4 is 5.73 Å². The Kier molecular flexibility index (Phi) is 4.33. The minimum Gasteiger partial charge on any atom is -0.461 e. The Balaban J connectivity index is 1.68. The van der Waals surface area contributed by atoms with E-state index in [0.29, 0.717) is 6.61 Å². The highest BCUT2D eigenvalue weighted by atomic mass is 16.5. The maximum Gasteiger partial charge on any atom is 0.311 e. The van der Waals surface area contributed by atoms with Crippen molar-refractivity contribution < 1.29 is 9.53 Å². The number of hydrogen-bond donors (Lipinski definition) is 1. The molecule has 18 heavy (non-hydrogen) atoms. The van der Waals surface area contributed by atoms with E-state index in [0.717, 1.165) is 25.2 Å². The molecule has 1 aliphatic rings. The second-order valence-electron chi connectivity index (χ2n) is 4.99. The molecule has 0 bridgehead atoms. The summed E-state index contributed by atoms with van der Waals surface area (Å²) < 4.78 is 5.29. The van der Waals surface area contributed by atoms with Crippen molar-refractivity contribution in [1.82, 2.24) is 4.90 Å². The monoisotopic (exact) mass is 248 g/mol. The van der Waals surface area contributed by atoms with Gasteiger partial charge in [0.15, 0.2) is 0 Å². The number of rotatable bonds is 5. The van der Waals surface area contributed by atoms with Gasteiger partial charge in [-0.3, -0.25) is 9.69 Å². The van der Waals surface area contributed by atoms with E-state index in [9.17, 15) is 4.79 Å². The lowest BCUT2D eigenvalue weighted by molar-refractivity contribution is -0.155. The Morgan fingerprint density at radius 2 is 2.11 bits per heavy atom. The number of nitrogens with zero attached hydrogens (tertiary/aromatic N) is 1. The second kappa shape index (κ2) is 5.98. The number of carbonyl (C=O) groups excluding carboxylic acids is 1. The summed E-state index contributed by atoms with van der Waals surface area (Å²) in [7, 11) is 0. The van der Waals surface area contributed by atoms with Crippen molar-refractivity contribution >= 4 is 5.97 Å². The SMILES string of the molecule is C[C@@H](N)CN1CC(C(=O)OCc2ccccc2)C1. The third kappa shape index (κ3) is 3.55. The minimum atomic E-state index is -0.0974. The maximum absolute atomic E-state index is 11.7. The molecule has 2 N–H and O–H groups in total. The highest BCUT2D eigenvalue weighted by Crippen LogP contribution is 2.17. The van der Waals surface area contributed by atoms with Crippen LogP contribution in [0.3, 0.4) is 0 Å². The lowest BCUT2D eigenvalue weighted by atomic mass is 10.00. The first-order chi connectivity index (χ1) is 8.65. The summed E-state index contributed by atoms with van der Waals surface area (Å²) in [6.07, 6.45) is 0. The van der Waals surface area contributed by atoms with E-state index in [-0.39, 0.29) is 17.9 Å². The number of benzene rings is 1. The molecule has 1 saturated heterocycles. The van der Waals surface area contributed by atoms with Crippen LogP contribution in [0, 0.1) is 5.92 Å². The van der Waals surface area contributed by atoms with Gasteiger partial charge in [-0.25, -0.2) is 0 Å². The molecule has 0 aliphatic carbocycles. The van der Waals surface area contributed by atoms with Gasteiger partial charge in [-0.2, -0.15) is 0 Å². The summed E-state index contributed by atoms with van der Waals surface area (Å²) in [6, 6.07) is 9.90. The van der Waals surface area contributed by atoms with E-state index < -0.39 is 0 Å². The van der Waals surface area contributed by atoms with Crippen molar-refractivity contribution in [3.63, 3.8) is 0 Å². The Hall–Kier alpha value is -1.39. The Morgan fingerprint density at radius 3 is 2.72 bits per heavy atom. The van der Waals surface area contributed by atoms with Crippen LogP contribution in [0.1, 0.15) is 12.5 Å². The molecule has 1 heterocycles. The van der Waals surface area contributed by atoms with Crippen LogP contribution in [-0.2, 0) is 16.1 Å². The lowest BCUT2D eigenvalue weighted by Gasteiger charge is -2.38. The van der Waals surface area contributed by atoms with Crippen molar-refractivity contribution in [1.29, 1.82) is 0 Å². The molecule has 1 aromatic carbocycles. The van der Waals surface area contributed by atoms with Crippen molar-refractivity contribution in [2.75, 3.05) is 19.6 Å². The molecular formula is C14H20N2O2. The van der Waals surface area contributed by atoms with Crippen molar-refractivity contribution in [3.05, 3.63) is 35.9 Å². The van der Waals surface area contributed by atoms with E-state index in [2.05, 4.69) is 4.90 Å². The molecule has 1 fully saturated rings. The van der Waals surface area contributed by atoms with Gasteiger partial charge in [0.05, 0.1) is 5.92 Å². The van der Waals surface area contributed by atoms with E-state index in [1.54, 1.807) is 0 Å². The second-order valence-corrected chi connectivity index (χ2v) is 4.99. The largest absolute Gasteiger partial charge is 0.461 e. The molecule has 1 atom stereocenters. The zero-order valence-electron chi connectivity index (χ0n) is 10.7. The summed E-state index contributed by atoms with van der Waals surface area (Å²) in [5.74, 6) is -0.0766. The maximum atomic E-state index is 11.7. The van der Waals surface area contributed by atoms with Crippen LogP contribution in [0.25, 0.3) is 0 Å². The zero-order chi connectivity index (χ0) is 13.0. The minimum absolute atomic E-state index is 0.0208. The number of ether oxygens (including phenoxy) is 1.